The van der Waals surface area contributed by atoms with Crippen LogP contribution in [-0.4, -0.2) is 49.6 Å². The predicted molar refractivity (Wildman–Crippen MR) is 131 cm³/mol. The number of amides is 2. The molecule has 2 amide bonds. The number of hydrogen-bond acceptors (Lipinski definition) is 6. The average Bonchev–Trinajstić information content (AvgIpc) is 3.35. The Bertz CT molecular complexity index is 1060. The molecule has 1 unspecified atom stereocenters. The monoisotopic (exact) mass is 467 g/mol. The zero-order valence-corrected chi connectivity index (χ0v) is 21.2. The molecule has 3 heterocycles. The summed E-state index contributed by atoms with van der Waals surface area (Å²) in [5.74, 6) is 0.538. The van der Waals surface area contributed by atoms with Crippen molar-refractivity contribution in [2.45, 2.75) is 90.8 Å². The van der Waals surface area contributed by atoms with Gasteiger partial charge in [-0.2, -0.15) is 0 Å². The first kappa shape index (κ1) is 24.2. The van der Waals surface area contributed by atoms with Crippen molar-refractivity contribution in [3.05, 3.63) is 30.9 Å². The molecule has 1 atom stereocenters. The second kappa shape index (κ2) is 8.71. The molecule has 1 N–H and O–H groups in total. The highest BCUT2D eigenvalue weighted by atomic mass is 16.6. The van der Waals surface area contributed by atoms with Crippen LogP contribution in [0.25, 0.3) is 11.3 Å². The van der Waals surface area contributed by atoms with Crippen molar-refractivity contribution in [3.63, 3.8) is 0 Å². The fourth-order valence-electron chi connectivity index (χ4n) is 4.76. The molecule has 1 aliphatic carbocycles. The lowest BCUT2D eigenvalue weighted by molar-refractivity contribution is -0.133. The molecule has 1 aliphatic heterocycles. The minimum Gasteiger partial charge on any atom is -0.443 e. The van der Waals surface area contributed by atoms with E-state index in [9.17, 15) is 9.59 Å². The third kappa shape index (κ3) is 4.95. The van der Waals surface area contributed by atoms with E-state index < -0.39 is 17.2 Å². The molecule has 2 aromatic heterocycles. The summed E-state index contributed by atoms with van der Waals surface area (Å²) in [5.41, 5.74) is 0.504. The topological polar surface area (TPSA) is 89.4 Å². The summed E-state index contributed by atoms with van der Waals surface area (Å²) < 4.78 is 7.24. The van der Waals surface area contributed by atoms with Crippen molar-refractivity contribution in [2.75, 3.05) is 11.9 Å². The molecule has 34 heavy (non-hydrogen) atoms. The number of aromatic nitrogens is 3. The van der Waals surface area contributed by atoms with Crippen LogP contribution in [0.2, 0.25) is 0 Å². The average molecular weight is 468 g/mol. The summed E-state index contributed by atoms with van der Waals surface area (Å²) in [5, 5.41) is 3.63. The predicted octanol–water partition coefficient (Wildman–Crippen LogP) is 5.21. The Hall–Kier alpha value is -2.90. The number of anilines is 1. The van der Waals surface area contributed by atoms with Gasteiger partial charge in [0.2, 0.25) is 0 Å². The van der Waals surface area contributed by atoms with E-state index in [0.717, 1.165) is 29.9 Å². The van der Waals surface area contributed by atoms with Crippen LogP contribution in [0.4, 0.5) is 10.6 Å². The summed E-state index contributed by atoms with van der Waals surface area (Å²) in [6.45, 7) is 12.2. The summed E-state index contributed by atoms with van der Waals surface area (Å²) in [7, 11) is 0. The zero-order chi connectivity index (χ0) is 24.7. The van der Waals surface area contributed by atoms with Crippen LogP contribution in [0.5, 0.6) is 0 Å². The van der Waals surface area contributed by atoms with E-state index in [1.165, 1.54) is 17.7 Å². The lowest BCUT2D eigenvalue weighted by Crippen LogP contribution is -2.44. The van der Waals surface area contributed by atoms with E-state index in [1.54, 1.807) is 33.3 Å². The number of carbonyl (C=O) groups excluding carboxylic acids is 2. The van der Waals surface area contributed by atoms with E-state index in [0.29, 0.717) is 24.4 Å². The molecule has 4 rings (SSSR count). The summed E-state index contributed by atoms with van der Waals surface area (Å²) in [4.78, 5) is 36.2. The van der Waals surface area contributed by atoms with Gasteiger partial charge >= 0.3 is 6.09 Å². The number of likely N-dealkylation sites (tertiary alicyclic amines) is 1. The highest BCUT2D eigenvalue weighted by Crippen LogP contribution is 2.37. The molecule has 0 bridgehead atoms. The van der Waals surface area contributed by atoms with Crippen LogP contribution in [0, 0.1) is 5.41 Å². The van der Waals surface area contributed by atoms with Crippen LogP contribution in [0.1, 0.15) is 73.6 Å². The number of nitrogens with one attached hydrogen (secondary N) is 1. The van der Waals surface area contributed by atoms with Gasteiger partial charge in [0.25, 0.3) is 5.91 Å². The number of imidazole rings is 1. The smallest absolute Gasteiger partial charge is 0.417 e. The quantitative estimate of drug-likeness (QED) is 0.664. The number of imide groups is 1. The van der Waals surface area contributed by atoms with Crippen LogP contribution < -0.4 is 5.32 Å². The Morgan fingerprint density at radius 3 is 2.53 bits per heavy atom. The molecule has 8 nitrogen and oxygen atoms in total. The Kier molecular flexibility index (Phi) is 6.21. The SMILES string of the molecule is CC1(C)CCC(Nc2ncccc2-c2cn(C3(C)CCN(C(=O)OC(C)(C)C)C3=O)cn2)CC1. The normalized spacial score (nSPS) is 23.2. The van der Waals surface area contributed by atoms with E-state index in [4.69, 9.17) is 4.74 Å². The molecule has 184 valence electrons. The maximum atomic E-state index is 13.2. The maximum absolute atomic E-state index is 13.2. The molecule has 1 saturated carbocycles. The largest absolute Gasteiger partial charge is 0.443 e. The number of carbonyl (C=O) groups is 2. The lowest BCUT2D eigenvalue weighted by Gasteiger charge is -2.35. The summed E-state index contributed by atoms with van der Waals surface area (Å²) in [6.07, 6.45) is 9.85. The van der Waals surface area contributed by atoms with Crippen molar-refractivity contribution < 1.29 is 14.3 Å². The van der Waals surface area contributed by atoms with Gasteiger partial charge < -0.3 is 14.6 Å². The number of nitrogens with zero attached hydrogens (tertiary/aromatic N) is 4. The third-order valence-corrected chi connectivity index (χ3v) is 7.06. The Labute approximate surface area is 202 Å². The first-order chi connectivity index (χ1) is 15.9. The van der Waals surface area contributed by atoms with Gasteiger partial charge in [0, 0.05) is 30.5 Å². The Balaban J connectivity index is 1.52. The minimum absolute atomic E-state index is 0.278. The van der Waals surface area contributed by atoms with E-state index >= 15 is 0 Å². The Morgan fingerprint density at radius 2 is 1.85 bits per heavy atom. The van der Waals surface area contributed by atoms with Gasteiger partial charge in [-0.1, -0.05) is 13.8 Å². The van der Waals surface area contributed by atoms with E-state index in [1.807, 2.05) is 29.8 Å². The van der Waals surface area contributed by atoms with E-state index in [-0.39, 0.29) is 5.91 Å². The van der Waals surface area contributed by atoms with Gasteiger partial charge in [-0.15, -0.1) is 0 Å². The van der Waals surface area contributed by atoms with Gasteiger partial charge in [-0.25, -0.2) is 19.7 Å². The molecule has 0 spiro atoms. The van der Waals surface area contributed by atoms with Crippen LogP contribution in [0.3, 0.4) is 0 Å². The fourth-order valence-corrected chi connectivity index (χ4v) is 4.76. The maximum Gasteiger partial charge on any atom is 0.417 e. The van der Waals surface area contributed by atoms with E-state index in [2.05, 4.69) is 29.1 Å². The first-order valence-electron chi connectivity index (χ1n) is 12.2. The van der Waals surface area contributed by atoms with Crippen molar-refractivity contribution in [3.8, 4) is 11.3 Å². The van der Waals surface area contributed by atoms with Crippen LogP contribution in [-0.2, 0) is 15.1 Å². The first-order valence-corrected chi connectivity index (χ1v) is 12.2. The number of pyridine rings is 1. The molecular weight excluding hydrogens is 430 g/mol. The molecule has 0 radical (unpaired) electrons. The standard InChI is InChI=1S/C26H37N5O3/c1-24(2,3)34-23(33)31-15-13-26(6,22(31)32)30-16-20(28-17-30)19-8-7-14-27-21(19)29-18-9-11-25(4,5)12-10-18/h7-8,14,16-18H,9-13,15H2,1-6H3,(H,27,29). The highest BCUT2D eigenvalue weighted by Gasteiger charge is 2.48. The second-order valence-electron chi connectivity index (χ2n) is 11.6. The zero-order valence-electron chi connectivity index (χ0n) is 21.2. The van der Waals surface area contributed by atoms with Gasteiger partial charge in [0.15, 0.2) is 0 Å². The molecule has 8 heteroatoms. The van der Waals surface area contributed by atoms with Gasteiger partial charge in [0.1, 0.15) is 17.0 Å². The second-order valence-corrected chi connectivity index (χ2v) is 11.6. The van der Waals surface area contributed by atoms with Gasteiger partial charge in [-0.3, -0.25) is 4.79 Å². The van der Waals surface area contributed by atoms with Crippen LogP contribution in [0.15, 0.2) is 30.9 Å². The molecule has 2 aromatic rings. The molecular formula is C26H37N5O3. The van der Waals surface area contributed by atoms with Crippen molar-refractivity contribution in [1.29, 1.82) is 0 Å². The van der Waals surface area contributed by atoms with Gasteiger partial charge in [0.05, 0.1) is 12.0 Å². The Morgan fingerprint density at radius 1 is 1.15 bits per heavy atom. The van der Waals surface area contributed by atoms with Gasteiger partial charge in [-0.05, 0) is 77.3 Å². The lowest BCUT2D eigenvalue weighted by atomic mass is 9.75. The summed E-state index contributed by atoms with van der Waals surface area (Å²) in [6, 6.07) is 4.29. The molecule has 1 saturated heterocycles. The van der Waals surface area contributed by atoms with Crippen LogP contribution >= 0.6 is 0 Å². The highest BCUT2D eigenvalue weighted by molar-refractivity contribution is 5.98. The minimum atomic E-state index is -0.896. The molecule has 2 fully saturated rings. The van der Waals surface area contributed by atoms with Crippen molar-refractivity contribution in [1.82, 2.24) is 19.4 Å². The van der Waals surface area contributed by atoms with Crippen molar-refractivity contribution in [2.24, 2.45) is 5.41 Å². The van der Waals surface area contributed by atoms with Crippen molar-refractivity contribution >= 4 is 17.8 Å². The fraction of sp³-hybridized carbons (Fsp3) is 0.615. The number of ether oxygens (including phenoxy) is 1. The molecule has 0 aromatic carbocycles. The third-order valence-electron chi connectivity index (χ3n) is 7.06. The number of hydrogen-bond donors (Lipinski definition) is 1. The molecule has 2 aliphatic rings. The summed E-state index contributed by atoms with van der Waals surface area (Å²) >= 11 is 0. The number of rotatable bonds is 4.